The minimum Gasteiger partial charge on any atom is -0.459 e. The SMILES string of the molecule is C=CCOC(=O)C(O)(c1ccccc1)c1ccccc1. The van der Waals surface area contributed by atoms with Crippen LogP contribution in [-0.2, 0) is 15.1 Å². The van der Waals surface area contributed by atoms with Gasteiger partial charge < -0.3 is 9.84 Å². The van der Waals surface area contributed by atoms with Crippen LogP contribution in [0.15, 0.2) is 73.3 Å². The lowest BCUT2D eigenvalue weighted by atomic mass is 9.86. The molecule has 2 aromatic rings. The van der Waals surface area contributed by atoms with Gasteiger partial charge >= 0.3 is 5.97 Å². The van der Waals surface area contributed by atoms with Gasteiger partial charge in [0.25, 0.3) is 0 Å². The van der Waals surface area contributed by atoms with Gasteiger partial charge in [-0.25, -0.2) is 4.79 Å². The molecule has 3 heteroatoms. The first-order valence-electron chi connectivity index (χ1n) is 6.31. The summed E-state index contributed by atoms with van der Waals surface area (Å²) in [5.74, 6) is -0.713. The van der Waals surface area contributed by atoms with Crippen molar-refractivity contribution in [1.29, 1.82) is 0 Å². The molecule has 0 atom stereocenters. The Morgan fingerprint density at radius 1 is 1.05 bits per heavy atom. The summed E-state index contributed by atoms with van der Waals surface area (Å²) in [6.45, 7) is 3.56. The Labute approximate surface area is 118 Å². The first kappa shape index (κ1) is 14.0. The maximum atomic E-state index is 12.3. The van der Waals surface area contributed by atoms with Crippen molar-refractivity contribution in [3.05, 3.63) is 84.4 Å². The zero-order chi connectivity index (χ0) is 14.4. The lowest BCUT2D eigenvalue weighted by Crippen LogP contribution is -2.38. The van der Waals surface area contributed by atoms with Crippen LogP contribution >= 0.6 is 0 Å². The van der Waals surface area contributed by atoms with E-state index >= 15 is 0 Å². The van der Waals surface area contributed by atoms with Crippen LogP contribution in [0, 0.1) is 0 Å². The van der Waals surface area contributed by atoms with Gasteiger partial charge in [-0.15, -0.1) is 0 Å². The minimum atomic E-state index is -1.81. The van der Waals surface area contributed by atoms with E-state index < -0.39 is 11.6 Å². The number of esters is 1. The second kappa shape index (κ2) is 6.17. The molecule has 0 fully saturated rings. The van der Waals surface area contributed by atoms with Crippen molar-refractivity contribution in [3.63, 3.8) is 0 Å². The van der Waals surface area contributed by atoms with Gasteiger partial charge in [0, 0.05) is 0 Å². The Hall–Kier alpha value is -2.39. The molecule has 0 aliphatic heterocycles. The van der Waals surface area contributed by atoms with E-state index in [1.165, 1.54) is 6.08 Å². The summed E-state index contributed by atoms with van der Waals surface area (Å²) in [6.07, 6.45) is 1.47. The third-order valence-corrected chi connectivity index (χ3v) is 3.01. The predicted octanol–water partition coefficient (Wildman–Crippen LogP) is 2.65. The number of ether oxygens (including phenoxy) is 1. The summed E-state index contributed by atoms with van der Waals surface area (Å²) >= 11 is 0. The molecule has 20 heavy (non-hydrogen) atoms. The Bertz CT molecular complexity index is 536. The molecule has 0 heterocycles. The van der Waals surface area contributed by atoms with E-state index in [0.29, 0.717) is 11.1 Å². The second-order valence-electron chi connectivity index (χ2n) is 4.33. The van der Waals surface area contributed by atoms with Gasteiger partial charge in [-0.2, -0.15) is 0 Å². The minimum absolute atomic E-state index is 0.0564. The number of carbonyl (C=O) groups is 1. The molecule has 3 nitrogen and oxygen atoms in total. The van der Waals surface area contributed by atoms with E-state index in [-0.39, 0.29) is 6.61 Å². The van der Waals surface area contributed by atoms with E-state index in [0.717, 1.165) is 0 Å². The standard InChI is InChI=1S/C17H16O3/c1-2-13-20-16(18)17(19,14-9-5-3-6-10-14)15-11-7-4-8-12-15/h2-12,19H,1,13H2. The van der Waals surface area contributed by atoms with Crippen molar-refractivity contribution in [2.45, 2.75) is 5.60 Å². The van der Waals surface area contributed by atoms with Crippen LogP contribution in [0.25, 0.3) is 0 Å². The Kier molecular flexibility index (Phi) is 4.33. The highest BCUT2D eigenvalue weighted by Crippen LogP contribution is 2.30. The first-order valence-corrected chi connectivity index (χ1v) is 6.31. The van der Waals surface area contributed by atoms with Crippen LogP contribution < -0.4 is 0 Å². The van der Waals surface area contributed by atoms with Crippen molar-refractivity contribution in [1.82, 2.24) is 0 Å². The molecule has 0 amide bonds. The lowest BCUT2D eigenvalue weighted by Gasteiger charge is -2.26. The Morgan fingerprint density at radius 3 is 1.90 bits per heavy atom. The molecule has 1 N–H and O–H groups in total. The van der Waals surface area contributed by atoms with Gasteiger partial charge in [-0.1, -0.05) is 73.3 Å². The van der Waals surface area contributed by atoms with Crippen molar-refractivity contribution < 1.29 is 14.6 Å². The highest BCUT2D eigenvalue weighted by molar-refractivity contribution is 5.85. The van der Waals surface area contributed by atoms with Crippen LogP contribution in [0.4, 0.5) is 0 Å². The molecule has 0 saturated carbocycles. The van der Waals surface area contributed by atoms with Crippen LogP contribution in [0.5, 0.6) is 0 Å². The predicted molar refractivity (Wildman–Crippen MR) is 77.0 cm³/mol. The second-order valence-corrected chi connectivity index (χ2v) is 4.33. The molecule has 0 saturated heterocycles. The molecule has 0 aliphatic rings. The number of benzene rings is 2. The Balaban J connectivity index is 2.49. The van der Waals surface area contributed by atoms with Gasteiger partial charge in [0.15, 0.2) is 0 Å². The van der Waals surface area contributed by atoms with Gasteiger partial charge in [0.2, 0.25) is 5.60 Å². The fraction of sp³-hybridized carbons (Fsp3) is 0.118. The molecule has 102 valence electrons. The van der Waals surface area contributed by atoms with Crippen LogP contribution in [0.2, 0.25) is 0 Å². The third kappa shape index (κ3) is 2.63. The highest BCUT2D eigenvalue weighted by Gasteiger charge is 2.41. The first-order chi connectivity index (χ1) is 9.69. The molecule has 2 rings (SSSR count). The monoisotopic (exact) mass is 268 g/mol. The normalized spacial score (nSPS) is 10.8. The number of carbonyl (C=O) groups excluding carboxylic acids is 1. The van der Waals surface area contributed by atoms with Crippen LogP contribution in [0.3, 0.4) is 0 Å². The number of hydrogen-bond acceptors (Lipinski definition) is 3. The highest BCUT2D eigenvalue weighted by atomic mass is 16.5. The van der Waals surface area contributed by atoms with Gasteiger partial charge in [0.1, 0.15) is 6.61 Å². The number of hydrogen-bond donors (Lipinski definition) is 1. The zero-order valence-corrected chi connectivity index (χ0v) is 11.0. The maximum absolute atomic E-state index is 12.3. The largest absolute Gasteiger partial charge is 0.459 e. The molecule has 0 radical (unpaired) electrons. The summed E-state index contributed by atoms with van der Waals surface area (Å²) in [7, 11) is 0. The van der Waals surface area contributed by atoms with Crippen LogP contribution in [0.1, 0.15) is 11.1 Å². The molecule has 0 spiro atoms. The van der Waals surface area contributed by atoms with Crippen molar-refractivity contribution in [2.24, 2.45) is 0 Å². The molecule has 0 unspecified atom stereocenters. The van der Waals surface area contributed by atoms with E-state index in [1.54, 1.807) is 48.5 Å². The molecular weight excluding hydrogens is 252 g/mol. The van der Waals surface area contributed by atoms with Gasteiger partial charge in [-0.3, -0.25) is 0 Å². The van der Waals surface area contributed by atoms with Crippen LogP contribution in [-0.4, -0.2) is 17.7 Å². The van der Waals surface area contributed by atoms with E-state index in [9.17, 15) is 9.90 Å². The summed E-state index contributed by atoms with van der Waals surface area (Å²) in [5.41, 5.74) is -0.869. The third-order valence-electron chi connectivity index (χ3n) is 3.01. The smallest absolute Gasteiger partial charge is 0.348 e. The lowest BCUT2D eigenvalue weighted by molar-refractivity contribution is -0.160. The topological polar surface area (TPSA) is 46.5 Å². The molecular formula is C17H16O3. The average Bonchev–Trinajstić information content (AvgIpc) is 2.53. The molecule has 2 aromatic carbocycles. The zero-order valence-electron chi connectivity index (χ0n) is 11.0. The fourth-order valence-corrected chi connectivity index (χ4v) is 2.00. The number of aliphatic hydroxyl groups is 1. The quantitative estimate of drug-likeness (QED) is 0.670. The van der Waals surface area contributed by atoms with Crippen molar-refractivity contribution in [2.75, 3.05) is 6.61 Å². The van der Waals surface area contributed by atoms with Gasteiger partial charge in [0.05, 0.1) is 0 Å². The average molecular weight is 268 g/mol. The summed E-state index contributed by atoms with van der Waals surface area (Å²) in [4.78, 5) is 12.3. The Morgan fingerprint density at radius 2 is 1.50 bits per heavy atom. The summed E-state index contributed by atoms with van der Waals surface area (Å²) in [6, 6.07) is 17.5. The van der Waals surface area contributed by atoms with E-state index in [1.807, 2.05) is 12.1 Å². The summed E-state index contributed by atoms with van der Waals surface area (Å²) < 4.78 is 5.06. The van der Waals surface area contributed by atoms with E-state index in [4.69, 9.17) is 4.74 Å². The van der Waals surface area contributed by atoms with E-state index in [2.05, 4.69) is 6.58 Å². The number of rotatable bonds is 5. The van der Waals surface area contributed by atoms with Crippen molar-refractivity contribution >= 4 is 5.97 Å². The fourth-order valence-electron chi connectivity index (χ4n) is 2.00. The van der Waals surface area contributed by atoms with Gasteiger partial charge in [-0.05, 0) is 11.1 Å². The maximum Gasteiger partial charge on any atom is 0.348 e. The summed E-state index contributed by atoms with van der Waals surface area (Å²) in [5, 5.41) is 10.9. The molecule has 0 aromatic heterocycles. The molecule has 0 aliphatic carbocycles. The van der Waals surface area contributed by atoms with Crippen molar-refractivity contribution in [3.8, 4) is 0 Å². The molecule has 0 bridgehead atoms.